The molecule has 0 aromatic carbocycles. The Hall–Kier alpha value is 0.310. The van der Waals surface area contributed by atoms with E-state index >= 15 is 0 Å². The first-order chi connectivity index (χ1) is 5.92. The van der Waals surface area contributed by atoms with E-state index in [4.69, 9.17) is 5.11 Å². The van der Waals surface area contributed by atoms with Crippen molar-refractivity contribution in [3.05, 3.63) is 0 Å². The summed E-state index contributed by atoms with van der Waals surface area (Å²) in [6, 6.07) is 0. The van der Waals surface area contributed by atoms with Gasteiger partial charge < -0.3 is 5.11 Å². The van der Waals surface area contributed by atoms with Crippen molar-refractivity contribution in [2.24, 2.45) is 17.8 Å². The topological polar surface area (TPSA) is 20.2 Å². The Labute approximate surface area is 78.9 Å². The monoisotopic (exact) mass is 186 g/mol. The maximum atomic E-state index is 8.97. The van der Waals surface area contributed by atoms with Gasteiger partial charge in [-0.25, -0.2) is 0 Å². The molecule has 12 heavy (non-hydrogen) atoms. The fraction of sp³-hybridized carbons (Fsp3) is 1.00. The number of rotatable bonds is 4. The van der Waals surface area contributed by atoms with E-state index in [1.54, 1.807) is 0 Å². The average molecular weight is 186 g/mol. The Morgan fingerprint density at radius 2 is 2.00 bits per heavy atom. The van der Waals surface area contributed by atoms with Crippen molar-refractivity contribution in [2.75, 3.05) is 18.1 Å². The molecule has 1 nitrogen and oxygen atoms in total. The maximum absolute atomic E-state index is 8.97. The molecule has 2 aliphatic rings. The van der Waals surface area contributed by atoms with Gasteiger partial charge in [0, 0.05) is 6.61 Å². The highest BCUT2D eigenvalue weighted by atomic mass is 32.2. The third kappa shape index (κ3) is 1.64. The second-order valence-corrected chi connectivity index (χ2v) is 5.24. The zero-order valence-electron chi connectivity index (χ0n) is 7.54. The van der Waals surface area contributed by atoms with Crippen LogP contribution in [0.2, 0.25) is 0 Å². The second kappa shape index (κ2) is 4.01. The number of aliphatic hydroxyl groups excluding tert-OH is 1. The largest absolute Gasteiger partial charge is 0.396 e. The van der Waals surface area contributed by atoms with Crippen molar-refractivity contribution in [1.82, 2.24) is 0 Å². The minimum Gasteiger partial charge on any atom is -0.396 e. The molecule has 1 aliphatic carbocycles. The fourth-order valence-electron chi connectivity index (χ4n) is 2.37. The minimum atomic E-state index is 0.405. The number of thioether (sulfide) groups is 1. The second-order valence-electron chi connectivity index (χ2n) is 4.16. The van der Waals surface area contributed by atoms with E-state index in [2.05, 4.69) is 11.8 Å². The Balaban J connectivity index is 1.82. The zero-order valence-corrected chi connectivity index (χ0v) is 8.35. The molecule has 1 atom stereocenters. The lowest BCUT2D eigenvalue weighted by molar-refractivity contribution is 0.123. The van der Waals surface area contributed by atoms with E-state index in [1.165, 1.54) is 30.8 Å². The molecule has 70 valence electrons. The SMILES string of the molecule is OCCC(C1CCC1)C1CSC1. The Morgan fingerprint density at radius 1 is 1.25 bits per heavy atom. The van der Waals surface area contributed by atoms with Crippen LogP contribution in [-0.2, 0) is 0 Å². The van der Waals surface area contributed by atoms with E-state index in [1.807, 2.05) is 0 Å². The fourth-order valence-corrected chi connectivity index (χ4v) is 3.38. The van der Waals surface area contributed by atoms with Gasteiger partial charge in [0.15, 0.2) is 0 Å². The van der Waals surface area contributed by atoms with Gasteiger partial charge in [0.1, 0.15) is 0 Å². The zero-order chi connectivity index (χ0) is 8.39. The predicted octanol–water partition coefficient (Wildman–Crippen LogP) is 2.15. The molecule has 0 radical (unpaired) electrons. The van der Waals surface area contributed by atoms with Crippen LogP contribution < -0.4 is 0 Å². The van der Waals surface area contributed by atoms with E-state index in [0.29, 0.717) is 6.61 Å². The summed E-state index contributed by atoms with van der Waals surface area (Å²) >= 11 is 2.07. The Bertz CT molecular complexity index is 127. The molecule has 0 bridgehead atoms. The van der Waals surface area contributed by atoms with Crippen LogP contribution in [0.3, 0.4) is 0 Å². The lowest BCUT2D eigenvalue weighted by Crippen LogP contribution is -2.36. The van der Waals surface area contributed by atoms with Crippen molar-refractivity contribution in [1.29, 1.82) is 0 Å². The molecule has 0 aromatic rings. The summed E-state index contributed by atoms with van der Waals surface area (Å²) in [6.07, 6.45) is 5.38. The molecular weight excluding hydrogens is 168 g/mol. The van der Waals surface area contributed by atoms with Crippen molar-refractivity contribution in [3.63, 3.8) is 0 Å². The molecule has 2 heteroatoms. The molecule has 1 heterocycles. The van der Waals surface area contributed by atoms with Crippen LogP contribution in [0.1, 0.15) is 25.7 Å². The van der Waals surface area contributed by atoms with Crippen LogP contribution in [0, 0.1) is 17.8 Å². The van der Waals surface area contributed by atoms with Crippen molar-refractivity contribution < 1.29 is 5.11 Å². The van der Waals surface area contributed by atoms with E-state index < -0.39 is 0 Å². The molecule has 0 aromatic heterocycles. The van der Waals surface area contributed by atoms with Crippen LogP contribution in [0.25, 0.3) is 0 Å². The molecular formula is C10H18OS. The van der Waals surface area contributed by atoms with Gasteiger partial charge in [-0.2, -0.15) is 11.8 Å². The van der Waals surface area contributed by atoms with E-state index in [0.717, 1.165) is 24.2 Å². The van der Waals surface area contributed by atoms with Gasteiger partial charge in [-0.05, 0) is 35.7 Å². The summed E-state index contributed by atoms with van der Waals surface area (Å²) in [6.45, 7) is 0.405. The highest BCUT2D eigenvalue weighted by Crippen LogP contribution is 2.44. The molecule has 1 N–H and O–H groups in total. The number of hydrogen-bond donors (Lipinski definition) is 1. The molecule has 0 amide bonds. The molecule has 1 saturated carbocycles. The minimum absolute atomic E-state index is 0.405. The van der Waals surface area contributed by atoms with Crippen LogP contribution in [0.5, 0.6) is 0 Å². The van der Waals surface area contributed by atoms with Crippen LogP contribution in [0.15, 0.2) is 0 Å². The lowest BCUT2D eigenvalue weighted by atomic mass is 9.70. The summed E-state index contributed by atoms with van der Waals surface area (Å²) in [7, 11) is 0. The quantitative estimate of drug-likeness (QED) is 0.726. The van der Waals surface area contributed by atoms with Crippen molar-refractivity contribution >= 4 is 11.8 Å². The smallest absolute Gasteiger partial charge is 0.0433 e. The van der Waals surface area contributed by atoms with E-state index in [-0.39, 0.29) is 0 Å². The van der Waals surface area contributed by atoms with Gasteiger partial charge in [0.2, 0.25) is 0 Å². The van der Waals surface area contributed by atoms with Gasteiger partial charge in [-0.3, -0.25) is 0 Å². The molecule has 2 rings (SSSR count). The van der Waals surface area contributed by atoms with Crippen LogP contribution >= 0.6 is 11.8 Å². The average Bonchev–Trinajstić information content (AvgIpc) is 1.79. The van der Waals surface area contributed by atoms with Gasteiger partial charge in [-0.1, -0.05) is 19.3 Å². The van der Waals surface area contributed by atoms with Gasteiger partial charge >= 0.3 is 0 Å². The summed E-state index contributed by atoms with van der Waals surface area (Å²) in [4.78, 5) is 0. The van der Waals surface area contributed by atoms with Crippen molar-refractivity contribution in [2.45, 2.75) is 25.7 Å². The molecule has 2 fully saturated rings. The summed E-state index contributed by atoms with van der Waals surface area (Å²) in [5.41, 5.74) is 0. The van der Waals surface area contributed by atoms with Gasteiger partial charge in [0.25, 0.3) is 0 Å². The summed E-state index contributed by atoms with van der Waals surface area (Å²) < 4.78 is 0. The third-order valence-electron chi connectivity index (χ3n) is 3.49. The van der Waals surface area contributed by atoms with Gasteiger partial charge in [0.05, 0.1) is 0 Å². The normalized spacial score (nSPS) is 27.8. The number of hydrogen-bond acceptors (Lipinski definition) is 2. The summed E-state index contributed by atoms with van der Waals surface area (Å²) in [5, 5.41) is 8.97. The molecule has 1 saturated heterocycles. The maximum Gasteiger partial charge on any atom is 0.0433 e. The van der Waals surface area contributed by atoms with Crippen molar-refractivity contribution in [3.8, 4) is 0 Å². The Kier molecular flexibility index (Phi) is 2.97. The van der Waals surface area contributed by atoms with Crippen LogP contribution in [0.4, 0.5) is 0 Å². The first-order valence-electron chi connectivity index (χ1n) is 5.10. The lowest BCUT2D eigenvalue weighted by Gasteiger charge is -2.42. The first-order valence-corrected chi connectivity index (χ1v) is 6.26. The standard InChI is InChI=1S/C10H18OS/c11-5-4-10(8-2-1-3-8)9-6-12-7-9/h8-11H,1-7H2. The van der Waals surface area contributed by atoms with E-state index in [9.17, 15) is 0 Å². The first kappa shape index (κ1) is 8.89. The highest BCUT2D eigenvalue weighted by Gasteiger charge is 2.35. The summed E-state index contributed by atoms with van der Waals surface area (Å²) in [5.74, 6) is 5.52. The molecule has 0 spiro atoms. The predicted molar refractivity (Wildman–Crippen MR) is 53.3 cm³/mol. The molecule has 1 aliphatic heterocycles. The number of aliphatic hydroxyl groups is 1. The Morgan fingerprint density at radius 3 is 2.33 bits per heavy atom. The highest BCUT2D eigenvalue weighted by molar-refractivity contribution is 8.00. The van der Waals surface area contributed by atoms with Gasteiger partial charge in [-0.15, -0.1) is 0 Å². The third-order valence-corrected chi connectivity index (χ3v) is 4.81. The van der Waals surface area contributed by atoms with Crippen LogP contribution in [-0.4, -0.2) is 23.2 Å². The molecule has 1 unspecified atom stereocenters.